The van der Waals surface area contributed by atoms with Gasteiger partial charge < -0.3 is 15.0 Å². The van der Waals surface area contributed by atoms with Crippen LogP contribution in [0, 0.1) is 0 Å². The van der Waals surface area contributed by atoms with E-state index >= 15 is 0 Å². The van der Waals surface area contributed by atoms with Gasteiger partial charge in [-0.3, -0.25) is 4.79 Å². The van der Waals surface area contributed by atoms with Gasteiger partial charge in [0.2, 0.25) is 5.91 Å². The highest BCUT2D eigenvalue weighted by Crippen LogP contribution is 2.23. The Morgan fingerprint density at radius 3 is 2.95 bits per heavy atom. The zero-order valence-corrected chi connectivity index (χ0v) is 12.3. The first-order valence-electron chi connectivity index (χ1n) is 7.11. The van der Waals surface area contributed by atoms with Crippen molar-refractivity contribution in [3.63, 3.8) is 0 Å². The Balaban J connectivity index is 1.64. The maximum absolute atomic E-state index is 12.5. The Hall–Kier alpha value is -1.04. The zero-order chi connectivity index (χ0) is 13.8. The first-order chi connectivity index (χ1) is 9.84. The molecule has 0 bridgehead atoms. The fourth-order valence-electron chi connectivity index (χ4n) is 2.66. The van der Waals surface area contributed by atoms with E-state index in [1.165, 1.54) is 0 Å². The van der Waals surface area contributed by atoms with Crippen molar-refractivity contribution in [3.05, 3.63) is 35.9 Å². The van der Waals surface area contributed by atoms with Gasteiger partial charge in [0, 0.05) is 24.6 Å². The molecule has 1 aromatic carbocycles. The van der Waals surface area contributed by atoms with E-state index in [9.17, 15) is 4.79 Å². The number of thioether (sulfide) groups is 1. The van der Waals surface area contributed by atoms with Crippen LogP contribution >= 0.6 is 11.8 Å². The number of amides is 1. The van der Waals surface area contributed by atoms with Crippen molar-refractivity contribution in [2.45, 2.75) is 12.1 Å². The van der Waals surface area contributed by atoms with Crippen molar-refractivity contribution >= 4 is 17.7 Å². The average Bonchev–Trinajstić information content (AvgIpc) is 2.56. The summed E-state index contributed by atoms with van der Waals surface area (Å²) in [5, 5.41) is 3.32. The largest absolute Gasteiger partial charge is 0.370 e. The molecule has 1 aromatic rings. The molecule has 3 rings (SSSR count). The van der Waals surface area contributed by atoms with Gasteiger partial charge in [-0.05, 0) is 5.56 Å². The highest BCUT2D eigenvalue weighted by atomic mass is 32.2. The van der Waals surface area contributed by atoms with E-state index < -0.39 is 0 Å². The highest BCUT2D eigenvalue weighted by Gasteiger charge is 2.30. The Labute approximate surface area is 123 Å². The van der Waals surface area contributed by atoms with Gasteiger partial charge in [-0.2, -0.15) is 11.8 Å². The van der Waals surface area contributed by atoms with Crippen LogP contribution in [0.15, 0.2) is 30.3 Å². The first kappa shape index (κ1) is 13.9. The number of carbonyl (C=O) groups excluding carboxylic acids is 1. The van der Waals surface area contributed by atoms with Gasteiger partial charge in [-0.1, -0.05) is 30.3 Å². The van der Waals surface area contributed by atoms with Crippen LogP contribution in [0.3, 0.4) is 0 Å². The molecule has 0 saturated carbocycles. The third kappa shape index (κ3) is 3.16. The lowest BCUT2D eigenvalue weighted by Gasteiger charge is -2.36. The minimum atomic E-state index is -0.0247. The standard InChI is InChI=1S/C15H20N2O2S/c18-15(13-11-20-9-6-16-13)17-7-8-19-14(10-17)12-4-2-1-3-5-12/h1-5,13-14,16H,6-11H2. The molecule has 20 heavy (non-hydrogen) atoms. The van der Waals surface area contributed by atoms with Crippen molar-refractivity contribution in [3.8, 4) is 0 Å². The summed E-state index contributed by atoms with van der Waals surface area (Å²) in [7, 11) is 0. The van der Waals surface area contributed by atoms with Crippen LogP contribution in [0.1, 0.15) is 11.7 Å². The van der Waals surface area contributed by atoms with Gasteiger partial charge in [0.25, 0.3) is 0 Å². The molecule has 2 aliphatic heterocycles. The summed E-state index contributed by atoms with van der Waals surface area (Å²) in [6, 6.07) is 10.1. The van der Waals surface area contributed by atoms with Crippen molar-refractivity contribution in [2.24, 2.45) is 0 Å². The van der Waals surface area contributed by atoms with Crippen molar-refractivity contribution in [1.29, 1.82) is 0 Å². The third-order valence-corrected chi connectivity index (χ3v) is 4.83. The molecule has 2 heterocycles. The van der Waals surface area contributed by atoms with Crippen LogP contribution in [0.2, 0.25) is 0 Å². The quantitative estimate of drug-likeness (QED) is 0.892. The predicted molar refractivity (Wildman–Crippen MR) is 80.8 cm³/mol. The molecule has 0 aromatic heterocycles. The van der Waals surface area contributed by atoms with Crippen LogP contribution in [0.4, 0.5) is 0 Å². The molecule has 1 N–H and O–H groups in total. The van der Waals surface area contributed by atoms with Crippen LogP contribution in [0.25, 0.3) is 0 Å². The van der Waals surface area contributed by atoms with Crippen molar-refractivity contribution < 1.29 is 9.53 Å². The fraction of sp³-hybridized carbons (Fsp3) is 0.533. The topological polar surface area (TPSA) is 41.6 Å². The lowest BCUT2D eigenvalue weighted by atomic mass is 10.1. The number of carbonyl (C=O) groups is 1. The molecule has 0 radical (unpaired) electrons. The molecule has 2 unspecified atom stereocenters. The number of rotatable bonds is 2. The van der Waals surface area contributed by atoms with E-state index in [1.54, 1.807) is 0 Å². The molecule has 2 saturated heterocycles. The normalized spacial score (nSPS) is 27.3. The van der Waals surface area contributed by atoms with Gasteiger partial charge in [0.1, 0.15) is 6.10 Å². The number of nitrogens with one attached hydrogen (secondary N) is 1. The lowest BCUT2D eigenvalue weighted by molar-refractivity contribution is -0.140. The van der Waals surface area contributed by atoms with Crippen molar-refractivity contribution in [1.82, 2.24) is 10.2 Å². The maximum Gasteiger partial charge on any atom is 0.240 e. The fourth-order valence-corrected chi connectivity index (χ4v) is 3.59. The monoisotopic (exact) mass is 292 g/mol. The summed E-state index contributed by atoms with van der Waals surface area (Å²) in [5.41, 5.74) is 1.15. The molecule has 2 atom stereocenters. The Morgan fingerprint density at radius 1 is 1.35 bits per heavy atom. The summed E-state index contributed by atoms with van der Waals surface area (Å²) >= 11 is 1.85. The van der Waals surface area contributed by atoms with E-state index in [0.717, 1.165) is 23.6 Å². The predicted octanol–water partition coefficient (Wildman–Crippen LogP) is 1.29. The molecule has 108 valence electrons. The number of morpholine rings is 1. The maximum atomic E-state index is 12.5. The molecule has 0 spiro atoms. The van der Waals surface area contributed by atoms with Gasteiger partial charge in [0.15, 0.2) is 0 Å². The lowest BCUT2D eigenvalue weighted by Crippen LogP contribution is -2.53. The molecular formula is C15H20N2O2S. The number of hydrogen-bond acceptors (Lipinski definition) is 4. The second-order valence-electron chi connectivity index (χ2n) is 5.14. The van der Waals surface area contributed by atoms with Gasteiger partial charge in [0.05, 0.1) is 19.2 Å². The van der Waals surface area contributed by atoms with Crippen LogP contribution in [0.5, 0.6) is 0 Å². The minimum Gasteiger partial charge on any atom is -0.370 e. The van der Waals surface area contributed by atoms with E-state index in [4.69, 9.17) is 4.74 Å². The highest BCUT2D eigenvalue weighted by molar-refractivity contribution is 7.99. The first-order valence-corrected chi connectivity index (χ1v) is 8.26. The molecular weight excluding hydrogens is 272 g/mol. The van der Waals surface area contributed by atoms with Gasteiger partial charge in [-0.25, -0.2) is 0 Å². The van der Waals surface area contributed by atoms with Crippen molar-refractivity contribution in [2.75, 3.05) is 37.7 Å². The molecule has 0 aliphatic carbocycles. The molecule has 2 aliphatic rings. The Morgan fingerprint density at radius 2 is 2.20 bits per heavy atom. The summed E-state index contributed by atoms with van der Waals surface area (Å²) in [5.74, 6) is 2.20. The summed E-state index contributed by atoms with van der Waals surface area (Å²) in [4.78, 5) is 14.5. The van der Waals surface area contributed by atoms with Gasteiger partial charge >= 0.3 is 0 Å². The van der Waals surface area contributed by atoms with Crippen LogP contribution in [-0.2, 0) is 9.53 Å². The SMILES string of the molecule is O=C(C1CSCCN1)N1CCOC(c2ccccc2)C1. The molecule has 2 fully saturated rings. The molecule has 1 amide bonds. The van der Waals surface area contributed by atoms with E-state index in [1.807, 2.05) is 34.9 Å². The second-order valence-corrected chi connectivity index (χ2v) is 6.29. The Bertz CT molecular complexity index is 448. The van der Waals surface area contributed by atoms with E-state index in [0.29, 0.717) is 19.7 Å². The van der Waals surface area contributed by atoms with E-state index in [-0.39, 0.29) is 18.1 Å². The van der Waals surface area contributed by atoms with Crippen LogP contribution < -0.4 is 5.32 Å². The number of nitrogens with zero attached hydrogens (tertiary/aromatic N) is 1. The smallest absolute Gasteiger partial charge is 0.240 e. The average molecular weight is 292 g/mol. The molecule has 5 heteroatoms. The van der Waals surface area contributed by atoms with Gasteiger partial charge in [-0.15, -0.1) is 0 Å². The van der Waals surface area contributed by atoms with E-state index in [2.05, 4.69) is 17.4 Å². The minimum absolute atomic E-state index is 0.00476. The second kappa shape index (κ2) is 6.61. The number of benzene rings is 1. The Kier molecular flexibility index (Phi) is 4.60. The summed E-state index contributed by atoms with van der Waals surface area (Å²) in [6.07, 6.45) is 0.00476. The third-order valence-electron chi connectivity index (χ3n) is 3.77. The summed E-state index contributed by atoms with van der Waals surface area (Å²) < 4.78 is 5.81. The summed E-state index contributed by atoms with van der Waals surface area (Å²) in [6.45, 7) is 2.90. The molecule has 4 nitrogen and oxygen atoms in total. The number of hydrogen-bond donors (Lipinski definition) is 1. The zero-order valence-electron chi connectivity index (χ0n) is 11.5. The number of ether oxygens (including phenoxy) is 1. The van der Waals surface area contributed by atoms with Crippen LogP contribution in [-0.4, -0.2) is 54.6 Å².